The average molecular weight is 317 g/mol. The van der Waals surface area contributed by atoms with Gasteiger partial charge in [-0.3, -0.25) is 0 Å². The lowest BCUT2D eigenvalue weighted by atomic mass is 10.0. The number of hydrogen-bond donors (Lipinski definition) is 3. The highest BCUT2D eigenvalue weighted by atomic mass is 35.5. The lowest BCUT2D eigenvalue weighted by Gasteiger charge is -2.25. The van der Waals surface area contributed by atoms with E-state index in [2.05, 4.69) is 5.32 Å². The largest absolute Gasteiger partial charge is 0.493 e. The molecule has 120 valence electrons. The molecule has 21 heavy (non-hydrogen) atoms. The Balaban J connectivity index is 3.00. The fraction of sp³-hybridized carbons (Fsp3) is 0.600. The van der Waals surface area contributed by atoms with E-state index in [0.29, 0.717) is 29.5 Å². The maximum absolute atomic E-state index is 9.45. The molecule has 0 aliphatic rings. The van der Waals surface area contributed by atoms with Crippen LogP contribution in [0.1, 0.15) is 31.9 Å². The van der Waals surface area contributed by atoms with Crippen molar-refractivity contribution in [3.05, 3.63) is 22.7 Å². The zero-order valence-corrected chi connectivity index (χ0v) is 13.8. The van der Waals surface area contributed by atoms with Gasteiger partial charge in [0.05, 0.1) is 25.3 Å². The quantitative estimate of drug-likeness (QED) is 0.685. The summed E-state index contributed by atoms with van der Waals surface area (Å²) in [5.41, 5.74) is 6.71. The molecule has 1 aromatic rings. The van der Waals surface area contributed by atoms with E-state index in [1.807, 2.05) is 19.1 Å². The number of aliphatic hydroxyl groups is 1. The van der Waals surface area contributed by atoms with Crippen molar-refractivity contribution in [3.8, 4) is 11.5 Å². The molecule has 0 saturated carbocycles. The Labute approximate surface area is 131 Å². The van der Waals surface area contributed by atoms with Gasteiger partial charge >= 0.3 is 0 Å². The van der Waals surface area contributed by atoms with Gasteiger partial charge in [0.1, 0.15) is 0 Å². The minimum absolute atomic E-state index is 0.114. The molecule has 0 amide bonds. The second-order valence-electron chi connectivity index (χ2n) is 5.15. The molecule has 0 aromatic heterocycles. The van der Waals surface area contributed by atoms with Crippen molar-refractivity contribution in [3.63, 3.8) is 0 Å². The van der Waals surface area contributed by atoms with Crippen LogP contribution < -0.4 is 20.5 Å². The summed E-state index contributed by atoms with van der Waals surface area (Å²) in [4.78, 5) is 0. The normalized spacial score (nSPS) is 15.4. The van der Waals surface area contributed by atoms with Gasteiger partial charge in [-0.25, -0.2) is 0 Å². The Morgan fingerprint density at radius 1 is 1.29 bits per heavy atom. The molecule has 0 spiro atoms. The van der Waals surface area contributed by atoms with Crippen molar-refractivity contribution in [2.45, 2.75) is 38.5 Å². The highest BCUT2D eigenvalue weighted by Gasteiger charge is 2.21. The number of aliphatic hydroxyl groups excluding tert-OH is 1. The summed E-state index contributed by atoms with van der Waals surface area (Å²) in [6.45, 7) is 4.16. The van der Waals surface area contributed by atoms with Crippen LogP contribution in [-0.4, -0.2) is 38.0 Å². The molecule has 1 rings (SSSR count). The van der Waals surface area contributed by atoms with Crippen LogP contribution in [0.25, 0.3) is 0 Å². The van der Waals surface area contributed by atoms with Crippen molar-refractivity contribution in [1.29, 1.82) is 0 Å². The SMILES string of the molecule is COc1ccc(C(CN)NC(C)CC(C)O)c(Cl)c1OC. The third-order valence-corrected chi connectivity index (χ3v) is 3.70. The van der Waals surface area contributed by atoms with E-state index < -0.39 is 0 Å². The minimum Gasteiger partial charge on any atom is -0.493 e. The van der Waals surface area contributed by atoms with E-state index >= 15 is 0 Å². The molecule has 0 bridgehead atoms. The Morgan fingerprint density at radius 3 is 2.43 bits per heavy atom. The van der Waals surface area contributed by atoms with Crippen LogP contribution in [0.15, 0.2) is 12.1 Å². The molecule has 0 fully saturated rings. The first-order valence-corrected chi connectivity index (χ1v) is 7.36. The summed E-state index contributed by atoms with van der Waals surface area (Å²) in [5.74, 6) is 1.08. The topological polar surface area (TPSA) is 76.7 Å². The Hall–Kier alpha value is -1.01. The van der Waals surface area contributed by atoms with Crippen molar-refractivity contribution < 1.29 is 14.6 Å². The summed E-state index contributed by atoms with van der Waals surface area (Å²) in [6, 6.07) is 3.68. The highest BCUT2D eigenvalue weighted by Crippen LogP contribution is 2.39. The van der Waals surface area contributed by atoms with Crippen molar-refractivity contribution in [2.24, 2.45) is 5.73 Å². The first kappa shape index (κ1) is 18.0. The molecule has 3 atom stereocenters. The maximum atomic E-state index is 9.45. The lowest BCUT2D eigenvalue weighted by Crippen LogP contribution is -2.36. The summed E-state index contributed by atoms with van der Waals surface area (Å²) >= 11 is 6.41. The third-order valence-electron chi connectivity index (χ3n) is 3.31. The van der Waals surface area contributed by atoms with Crippen LogP contribution >= 0.6 is 11.6 Å². The highest BCUT2D eigenvalue weighted by molar-refractivity contribution is 6.33. The summed E-state index contributed by atoms with van der Waals surface area (Å²) in [6.07, 6.45) is 0.272. The standard InChI is InChI=1S/C15H25ClN2O3/c1-9(7-10(2)19)18-12(8-17)11-5-6-13(20-3)15(21-4)14(11)16/h5-6,9-10,12,18-19H,7-8,17H2,1-4H3. The molecule has 5 nitrogen and oxygen atoms in total. The average Bonchev–Trinajstić information content (AvgIpc) is 2.43. The molecular weight excluding hydrogens is 292 g/mol. The molecule has 0 heterocycles. The number of nitrogens with two attached hydrogens (primary N) is 1. The lowest BCUT2D eigenvalue weighted by molar-refractivity contribution is 0.168. The monoisotopic (exact) mass is 316 g/mol. The van der Waals surface area contributed by atoms with Crippen LogP contribution in [0.2, 0.25) is 5.02 Å². The van der Waals surface area contributed by atoms with Crippen LogP contribution in [-0.2, 0) is 0 Å². The molecule has 1 aromatic carbocycles. The molecular formula is C15H25ClN2O3. The van der Waals surface area contributed by atoms with E-state index in [-0.39, 0.29) is 18.2 Å². The van der Waals surface area contributed by atoms with Crippen LogP contribution in [0.3, 0.4) is 0 Å². The summed E-state index contributed by atoms with van der Waals surface area (Å²) < 4.78 is 10.5. The fourth-order valence-electron chi connectivity index (χ4n) is 2.38. The van der Waals surface area contributed by atoms with Gasteiger partial charge < -0.3 is 25.6 Å². The molecule has 0 saturated heterocycles. The molecule has 4 N–H and O–H groups in total. The number of hydrogen-bond acceptors (Lipinski definition) is 5. The minimum atomic E-state index is -0.369. The van der Waals surface area contributed by atoms with E-state index in [1.54, 1.807) is 21.1 Å². The van der Waals surface area contributed by atoms with E-state index in [9.17, 15) is 5.11 Å². The van der Waals surface area contributed by atoms with Gasteiger partial charge in [0.15, 0.2) is 11.5 Å². The van der Waals surface area contributed by atoms with Gasteiger partial charge in [-0.05, 0) is 31.9 Å². The molecule has 0 aliphatic heterocycles. The van der Waals surface area contributed by atoms with Gasteiger partial charge in [0, 0.05) is 18.6 Å². The van der Waals surface area contributed by atoms with Crippen molar-refractivity contribution in [1.82, 2.24) is 5.32 Å². The number of ether oxygens (including phenoxy) is 2. The Kier molecular flexibility index (Phi) is 7.25. The molecule has 0 radical (unpaired) electrons. The fourth-order valence-corrected chi connectivity index (χ4v) is 2.75. The molecule has 3 unspecified atom stereocenters. The summed E-state index contributed by atoms with van der Waals surface area (Å²) in [7, 11) is 3.12. The van der Waals surface area contributed by atoms with E-state index in [0.717, 1.165) is 5.56 Å². The van der Waals surface area contributed by atoms with Gasteiger partial charge in [0.25, 0.3) is 0 Å². The zero-order chi connectivity index (χ0) is 16.0. The van der Waals surface area contributed by atoms with Gasteiger partial charge in [-0.2, -0.15) is 0 Å². The van der Waals surface area contributed by atoms with Gasteiger partial charge in [0.2, 0.25) is 0 Å². The maximum Gasteiger partial charge on any atom is 0.179 e. The van der Waals surface area contributed by atoms with Crippen LogP contribution in [0.4, 0.5) is 0 Å². The van der Waals surface area contributed by atoms with Gasteiger partial charge in [-0.1, -0.05) is 17.7 Å². The second kappa shape index (κ2) is 8.44. The number of methoxy groups -OCH3 is 2. The number of benzene rings is 1. The third kappa shape index (κ3) is 4.74. The smallest absolute Gasteiger partial charge is 0.179 e. The predicted octanol–water partition coefficient (Wildman–Crippen LogP) is 2.11. The summed E-state index contributed by atoms with van der Waals surface area (Å²) in [5, 5.41) is 13.3. The number of nitrogens with one attached hydrogen (secondary N) is 1. The first-order chi connectivity index (χ1) is 9.94. The van der Waals surface area contributed by atoms with Crippen molar-refractivity contribution in [2.75, 3.05) is 20.8 Å². The zero-order valence-electron chi connectivity index (χ0n) is 13.0. The Bertz CT molecular complexity index is 455. The Morgan fingerprint density at radius 2 is 1.95 bits per heavy atom. The van der Waals surface area contributed by atoms with E-state index in [4.69, 9.17) is 26.8 Å². The predicted molar refractivity (Wildman–Crippen MR) is 85.2 cm³/mol. The van der Waals surface area contributed by atoms with Crippen LogP contribution in [0.5, 0.6) is 11.5 Å². The molecule has 0 aliphatic carbocycles. The first-order valence-electron chi connectivity index (χ1n) is 6.99. The number of halogens is 1. The number of rotatable bonds is 8. The van der Waals surface area contributed by atoms with E-state index in [1.165, 1.54) is 0 Å². The second-order valence-corrected chi connectivity index (χ2v) is 5.52. The van der Waals surface area contributed by atoms with Crippen molar-refractivity contribution >= 4 is 11.6 Å². The van der Waals surface area contributed by atoms with Gasteiger partial charge in [-0.15, -0.1) is 0 Å². The van der Waals surface area contributed by atoms with Crippen LogP contribution in [0, 0.1) is 0 Å². The molecule has 6 heteroatoms.